The molecule has 0 aromatic carbocycles. The van der Waals surface area contributed by atoms with Gasteiger partial charge in [0.1, 0.15) is 5.60 Å². The van der Waals surface area contributed by atoms with Gasteiger partial charge < -0.3 is 9.84 Å². The van der Waals surface area contributed by atoms with Crippen LogP contribution >= 0.6 is 0 Å². The molecule has 0 saturated heterocycles. The van der Waals surface area contributed by atoms with E-state index in [-0.39, 0.29) is 29.6 Å². The van der Waals surface area contributed by atoms with Gasteiger partial charge in [-0.2, -0.15) is 0 Å². The average Bonchev–Trinajstić information content (AvgIpc) is 2.92. The molecule has 0 radical (unpaired) electrons. The van der Waals surface area contributed by atoms with E-state index >= 15 is 0 Å². The van der Waals surface area contributed by atoms with E-state index < -0.39 is 22.8 Å². The SMILES string of the molecule is CC(=O)OCC(=O)[C@]1(O)CC[C@@H]2[C@@H]3CCC4=CC(=O)C=C[C@@]4(C)[C@@H]3C=C[C@@]21C. The lowest BCUT2D eigenvalue weighted by molar-refractivity contribution is -0.159. The van der Waals surface area contributed by atoms with Crippen LogP contribution in [0.15, 0.2) is 36.0 Å². The van der Waals surface area contributed by atoms with E-state index in [0.29, 0.717) is 12.3 Å². The Balaban J connectivity index is 1.67. The molecule has 5 nitrogen and oxygen atoms in total. The van der Waals surface area contributed by atoms with Crippen molar-refractivity contribution in [3.05, 3.63) is 36.0 Å². The molecule has 6 atom stereocenters. The number of fused-ring (bicyclic) bond motifs is 5. The van der Waals surface area contributed by atoms with Crippen molar-refractivity contribution < 1.29 is 24.2 Å². The third-order valence-electron chi connectivity index (χ3n) is 8.02. The van der Waals surface area contributed by atoms with Gasteiger partial charge in [-0.05, 0) is 55.6 Å². The number of allylic oxidation sites excluding steroid dienone is 5. The Kier molecular flexibility index (Phi) is 4.31. The van der Waals surface area contributed by atoms with Crippen molar-refractivity contribution in [1.82, 2.24) is 0 Å². The Hall–Kier alpha value is -2.01. The minimum Gasteiger partial charge on any atom is -0.458 e. The number of hydrogen-bond donors (Lipinski definition) is 1. The number of aliphatic hydroxyl groups is 1. The third kappa shape index (κ3) is 2.52. The van der Waals surface area contributed by atoms with E-state index in [4.69, 9.17) is 4.74 Å². The number of Topliss-reactive ketones (excluding diaryl/α,β-unsaturated/α-hetero) is 1. The van der Waals surface area contributed by atoms with Crippen LogP contribution in [0.25, 0.3) is 0 Å². The summed E-state index contributed by atoms with van der Waals surface area (Å²) in [5.41, 5.74) is -1.17. The van der Waals surface area contributed by atoms with Gasteiger partial charge in [0, 0.05) is 17.8 Å². The molecule has 4 aliphatic carbocycles. The highest BCUT2D eigenvalue weighted by Gasteiger charge is 2.64. The molecule has 4 aliphatic rings. The summed E-state index contributed by atoms with van der Waals surface area (Å²) in [6.45, 7) is 5.04. The fourth-order valence-electron chi connectivity index (χ4n) is 6.34. The van der Waals surface area contributed by atoms with Crippen molar-refractivity contribution in [1.29, 1.82) is 0 Å². The van der Waals surface area contributed by atoms with Crippen molar-refractivity contribution in [2.75, 3.05) is 6.61 Å². The first-order valence-electron chi connectivity index (χ1n) is 10.1. The van der Waals surface area contributed by atoms with Gasteiger partial charge in [0.25, 0.3) is 0 Å². The molecule has 0 bridgehead atoms. The van der Waals surface area contributed by atoms with Crippen LogP contribution < -0.4 is 0 Å². The fourth-order valence-corrected chi connectivity index (χ4v) is 6.34. The van der Waals surface area contributed by atoms with Crippen LogP contribution in [-0.4, -0.2) is 34.9 Å². The molecule has 0 unspecified atom stereocenters. The number of esters is 1. The van der Waals surface area contributed by atoms with Crippen LogP contribution in [0, 0.1) is 28.6 Å². The summed E-state index contributed by atoms with van der Waals surface area (Å²) < 4.78 is 4.89. The molecule has 2 fully saturated rings. The zero-order valence-electron chi connectivity index (χ0n) is 16.7. The molecule has 0 spiro atoms. The molecule has 2 saturated carbocycles. The fraction of sp³-hybridized carbons (Fsp3) is 0.609. The lowest BCUT2D eigenvalue weighted by Crippen LogP contribution is -2.56. The maximum absolute atomic E-state index is 12.8. The molecule has 1 N–H and O–H groups in total. The lowest BCUT2D eigenvalue weighted by Gasteiger charge is -2.54. The van der Waals surface area contributed by atoms with Gasteiger partial charge >= 0.3 is 5.97 Å². The van der Waals surface area contributed by atoms with Gasteiger partial charge in [0.05, 0.1) is 0 Å². The number of ketones is 2. The first kappa shape index (κ1) is 19.3. The van der Waals surface area contributed by atoms with Gasteiger partial charge in [-0.15, -0.1) is 0 Å². The summed E-state index contributed by atoms with van der Waals surface area (Å²) in [5, 5.41) is 11.4. The van der Waals surface area contributed by atoms with Gasteiger partial charge in [-0.3, -0.25) is 14.4 Å². The van der Waals surface area contributed by atoms with Crippen molar-refractivity contribution in [2.45, 2.75) is 52.1 Å². The summed E-state index contributed by atoms with van der Waals surface area (Å²) in [6.07, 6.45) is 12.6. The van der Waals surface area contributed by atoms with E-state index in [9.17, 15) is 19.5 Å². The van der Waals surface area contributed by atoms with Gasteiger partial charge in [-0.25, -0.2) is 0 Å². The van der Waals surface area contributed by atoms with Crippen LogP contribution in [0.1, 0.15) is 46.5 Å². The smallest absolute Gasteiger partial charge is 0.303 e. The normalized spacial score (nSPS) is 43.6. The largest absolute Gasteiger partial charge is 0.458 e. The number of carbonyl (C=O) groups excluding carboxylic acids is 3. The quantitative estimate of drug-likeness (QED) is 0.598. The standard InChI is InChI=1S/C23H28O5/c1-14(24)28-13-20(26)23(27)11-8-19-17-5-4-15-12-16(25)6-9-21(15,2)18(17)7-10-22(19,23)3/h6-7,9-10,12,17-19,27H,4-5,8,11,13H2,1-3H3/t17-,18-,19-,21-,22+,23-/m1/s1. The topological polar surface area (TPSA) is 80.7 Å². The molecule has 0 heterocycles. The van der Waals surface area contributed by atoms with Crippen LogP contribution in [0.4, 0.5) is 0 Å². The van der Waals surface area contributed by atoms with E-state index in [2.05, 4.69) is 13.0 Å². The Labute approximate surface area is 165 Å². The molecule has 4 rings (SSSR count). The maximum atomic E-state index is 12.8. The number of rotatable bonds is 3. The average molecular weight is 384 g/mol. The van der Waals surface area contributed by atoms with Gasteiger partial charge in [0.15, 0.2) is 12.4 Å². The molecule has 0 amide bonds. The minimum absolute atomic E-state index is 0.0573. The molecule has 0 aromatic heterocycles. The van der Waals surface area contributed by atoms with E-state index in [1.807, 2.05) is 19.1 Å². The summed E-state index contributed by atoms with van der Waals surface area (Å²) >= 11 is 0. The third-order valence-corrected chi connectivity index (χ3v) is 8.02. The molecular formula is C23H28O5. The predicted molar refractivity (Wildman–Crippen MR) is 103 cm³/mol. The lowest BCUT2D eigenvalue weighted by atomic mass is 9.50. The van der Waals surface area contributed by atoms with Gasteiger partial charge in [-0.1, -0.05) is 37.6 Å². The zero-order chi connectivity index (χ0) is 20.3. The van der Waals surface area contributed by atoms with Crippen molar-refractivity contribution in [3.63, 3.8) is 0 Å². The maximum Gasteiger partial charge on any atom is 0.303 e. The number of hydrogen-bond acceptors (Lipinski definition) is 5. The van der Waals surface area contributed by atoms with E-state index in [1.165, 1.54) is 12.5 Å². The Morgan fingerprint density at radius 2 is 2.00 bits per heavy atom. The number of ether oxygens (including phenoxy) is 1. The highest BCUT2D eigenvalue weighted by molar-refractivity contribution is 6.01. The van der Waals surface area contributed by atoms with Crippen LogP contribution in [-0.2, 0) is 19.1 Å². The van der Waals surface area contributed by atoms with Crippen LogP contribution in [0.2, 0.25) is 0 Å². The second-order valence-corrected chi connectivity index (χ2v) is 9.27. The van der Waals surface area contributed by atoms with E-state index in [0.717, 1.165) is 19.3 Å². The number of carbonyl (C=O) groups is 3. The van der Waals surface area contributed by atoms with Crippen LogP contribution in [0.5, 0.6) is 0 Å². The Bertz CT molecular complexity index is 836. The molecule has 5 heteroatoms. The first-order chi connectivity index (χ1) is 13.1. The minimum atomic E-state index is -1.51. The van der Waals surface area contributed by atoms with Crippen LogP contribution in [0.3, 0.4) is 0 Å². The predicted octanol–water partition coefficient (Wildman–Crippen LogP) is 2.93. The molecule has 0 aliphatic heterocycles. The van der Waals surface area contributed by atoms with Crippen molar-refractivity contribution in [2.24, 2.45) is 28.6 Å². The second kappa shape index (κ2) is 6.24. The molecule has 0 aromatic rings. The highest BCUT2D eigenvalue weighted by Crippen LogP contribution is 2.64. The Morgan fingerprint density at radius 1 is 1.25 bits per heavy atom. The summed E-state index contributed by atoms with van der Waals surface area (Å²) in [4.78, 5) is 35.7. The monoisotopic (exact) mass is 384 g/mol. The summed E-state index contributed by atoms with van der Waals surface area (Å²) in [5.74, 6) is -0.109. The van der Waals surface area contributed by atoms with Gasteiger partial charge in [0.2, 0.25) is 5.78 Å². The van der Waals surface area contributed by atoms with Crippen molar-refractivity contribution >= 4 is 17.5 Å². The first-order valence-corrected chi connectivity index (χ1v) is 10.1. The second-order valence-electron chi connectivity index (χ2n) is 9.27. The summed E-state index contributed by atoms with van der Waals surface area (Å²) in [6, 6.07) is 0. The highest BCUT2D eigenvalue weighted by atomic mass is 16.5. The van der Waals surface area contributed by atoms with E-state index in [1.54, 1.807) is 12.2 Å². The Morgan fingerprint density at radius 3 is 2.71 bits per heavy atom. The molecular weight excluding hydrogens is 356 g/mol. The molecule has 150 valence electrons. The zero-order valence-corrected chi connectivity index (χ0v) is 16.7. The van der Waals surface area contributed by atoms with Crippen molar-refractivity contribution in [3.8, 4) is 0 Å². The summed E-state index contributed by atoms with van der Waals surface area (Å²) in [7, 11) is 0. The molecule has 28 heavy (non-hydrogen) atoms.